The molecule has 0 aromatic heterocycles. The summed E-state index contributed by atoms with van der Waals surface area (Å²) in [6.45, 7) is 5.25. The van der Waals surface area contributed by atoms with Crippen molar-refractivity contribution in [1.29, 1.82) is 0 Å². The molecule has 30 heavy (non-hydrogen) atoms. The first-order valence-corrected chi connectivity index (χ1v) is 11.3. The van der Waals surface area contributed by atoms with Crippen LogP contribution >= 0.6 is 0 Å². The van der Waals surface area contributed by atoms with Gasteiger partial charge in [-0.15, -0.1) is 0 Å². The first-order valence-electron chi connectivity index (χ1n) is 9.42. The van der Waals surface area contributed by atoms with Crippen LogP contribution in [0.4, 0.5) is 15.8 Å². The summed E-state index contributed by atoms with van der Waals surface area (Å²) in [7, 11) is -3.84. The molecule has 7 nitrogen and oxygen atoms in total. The van der Waals surface area contributed by atoms with Crippen LogP contribution in [0.1, 0.15) is 36.2 Å². The molecule has 1 N–H and O–H groups in total. The van der Waals surface area contributed by atoms with Crippen LogP contribution < -0.4 is 9.62 Å². The third-order valence-corrected chi connectivity index (χ3v) is 5.68. The van der Waals surface area contributed by atoms with E-state index in [1.165, 1.54) is 12.1 Å². The topological polar surface area (TPSA) is 92.8 Å². The maximum Gasteiger partial charge on any atom is 0.338 e. The summed E-state index contributed by atoms with van der Waals surface area (Å²) in [5.74, 6) is -1.60. The van der Waals surface area contributed by atoms with Crippen molar-refractivity contribution in [3.8, 4) is 0 Å². The molecule has 0 spiro atoms. The van der Waals surface area contributed by atoms with Gasteiger partial charge in [0.05, 0.1) is 24.1 Å². The van der Waals surface area contributed by atoms with E-state index in [4.69, 9.17) is 4.74 Å². The predicted octanol–water partition coefficient (Wildman–Crippen LogP) is 3.49. The van der Waals surface area contributed by atoms with Gasteiger partial charge in [0.25, 0.3) is 0 Å². The lowest BCUT2D eigenvalue weighted by Gasteiger charge is -2.30. The van der Waals surface area contributed by atoms with Crippen molar-refractivity contribution < 1.29 is 27.1 Å². The highest BCUT2D eigenvalue weighted by Crippen LogP contribution is 2.25. The number of halogens is 1. The number of hydrogen-bond acceptors (Lipinski definition) is 5. The fourth-order valence-electron chi connectivity index (χ4n) is 3.07. The SMILES string of the molecule is CCOC(=O)c1cccc(NC(=O)[C@H](CC)N(c2ccc(F)cc2)S(C)(=O)=O)c1C. The lowest BCUT2D eigenvalue weighted by Crippen LogP contribution is -2.47. The Balaban J connectivity index is 2.38. The molecule has 0 unspecified atom stereocenters. The van der Waals surface area contributed by atoms with Crippen molar-refractivity contribution in [3.63, 3.8) is 0 Å². The lowest BCUT2D eigenvalue weighted by molar-refractivity contribution is -0.117. The highest BCUT2D eigenvalue weighted by Gasteiger charge is 2.32. The summed E-state index contributed by atoms with van der Waals surface area (Å²) in [5, 5.41) is 2.71. The molecule has 0 bridgehead atoms. The molecule has 2 aromatic carbocycles. The van der Waals surface area contributed by atoms with Gasteiger partial charge < -0.3 is 10.1 Å². The number of nitrogens with one attached hydrogen (secondary N) is 1. The highest BCUT2D eigenvalue weighted by atomic mass is 32.2. The molecule has 0 radical (unpaired) electrons. The molecule has 2 aromatic rings. The number of benzene rings is 2. The Morgan fingerprint density at radius 1 is 1.13 bits per heavy atom. The van der Waals surface area contributed by atoms with Crippen molar-refractivity contribution >= 4 is 33.3 Å². The van der Waals surface area contributed by atoms with Gasteiger partial charge in [0.15, 0.2) is 0 Å². The zero-order valence-corrected chi connectivity index (χ0v) is 18.1. The Morgan fingerprint density at radius 3 is 2.30 bits per heavy atom. The fourth-order valence-corrected chi connectivity index (χ4v) is 4.28. The quantitative estimate of drug-likeness (QED) is 0.640. The first-order chi connectivity index (χ1) is 14.1. The zero-order valence-electron chi connectivity index (χ0n) is 17.3. The molecular weight excluding hydrogens is 411 g/mol. The molecule has 0 aliphatic carbocycles. The fraction of sp³-hybridized carbons (Fsp3) is 0.333. The summed E-state index contributed by atoms with van der Waals surface area (Å²) in [6.07, 6.45) is 1.16. The lowest BCUT2D eigenvalue weighted by atomic mass is 10.1. The minimum absolute atomic E-state index is 0.174. The number of sulfonamides is 1. The standard InChI is InChI=1S/C21H25FN2O5S/c1-5-19(24(30(4,27)28)16-12-10-15(22)11-13-16)20(25)23-18-9-7-8-17(14(18)3)21(26)29-6-2/h7-13,19H,5-6H2,1-4H3,(H,23,25)/t19-/m0/s1. The van der Waals surface area contributed by atoms with Gasteiger partial charge in [0, 0.05) is 5.69 Å². The molecule has 0 fully saturated rings. The summed E-state index contributed by atoms with van der Waals surface area (Å²) in [5.41, 5.74) is 1.36. The van der Waals surface area contributed by atoms with Gasteiger partial charge in [-0.1, -0.05) is 13.0 Å². The minimum atomic E-state index is -3.84. The Kier molecular flexibility index (Phi) is 7.55. The normalized spacial score (nSPS) is 12.2. The van der Waals surface area contributed by atoms with Crippen LogP contribution in [-0.2, 0) is 19.6 Å². The largest absolute Gasteiger partial charge is 0.462 e. The second-order valence-corrected chi connectivity index (χ2v) is 8.51. The Bertz CT molecular complexity index is 1020. The number of rotatable bonds is 8. The summed E-state index contributed by atoms with van der Waals surface area (Å²) < 4.78 is 44.2. The maximum atomic E-state index is 13.3. The third-order valence-electron chi connectivity index (χ3n) is 4.50. The average molecular weight is 437 g/mol. The monoisotopic (exact) mass is 436 g/mol. The zero-order chi connectivity index (χ0) is 22.5. The minimum Gasteiger partial charge on any atom is -0.462 e. The summed E-state index contributed by atoms with van der Waals surface area (Å²) in [6, 6.07) is 8.60. The smallest absolute Gasteiger partial charge is 0.338 e. The van der Waals surface area contributed by atoms with E-state index in [1.54, 1.807) is 39.0 Å². The van der Waals surface area contributed by atoms with Crippen LogP contribution in [0.15, 0.2) is 42.5 Å². The van der Waals surface area contributed by atoms with E-state index in [1.807, 2.05) is 0 Å². The molecule has 9 heteroatoms. The van der Waals surface area contributed by atoms with Crippen LogP contribution in [0, 0.1) is 12.7 Å². The molecule has 162 valence electrons. The molecule has 2 rings (SSSR count). The predicted molar refractivity (Wildman–Crippen MR) is 114 cm³/mol. The van der Waals surface area contributed by atoms with E-state index in [9.17, 15) is 22.4 Å². The van der Waals surface area contributed by atoms with Gasteiger partial charge in [-0.3, -0.25) is 9.10 Å². The number of amides is 1. The van der Waals surface area contributed by atoms with Crippen molar-refractivity contribution in [3.05, 3.63) is 59.4 Å². The number of esters is 1. The van der Waals surface area contributed by atoms with Crippen LogP contribution in [0.3, 0.4) is 0 Å². The molecule has 1 atom stereocenters. The number of carbonyl (C=O) groups excluding carboxylic acids is 2. The number of carbonyl (C=O) groups is 2. The molecule has 0 saturated carbocycles. The van der Waals surface area contributed by atoms with Crippen molar-refractivity contribution in [2.45, 2.75) is 33.2 Å². The van der Waals surface area contributed by atoms with E-state index in [0.29, 0.717) is 16.8 Å². The van der Waals surface area contributed by atoms with Crippen molar-refractivity contribution in [2.75, 3.05) is 22.5 Å². The van der Waals surface area contributed by atoms with Crippen LogP contribution in [0.25, 0.3) is 0 Å². The number of hydrogen-bond donors (Lipinski definition) is 1. The van der Waals surface area contributed by atoms with Crippen LogP contribution in [0.2, 0.25) is 0 Å². The third kappa shape index (κ3) is 5.35. The molecule has 0 heterocycles. The van der Waals surface area contributed by atoms with Crippen LogP contribution in [-0.4, -0.2) is 39.2 Å². The van der Waals surface area contributed by atoms with E-state index in [2.05, 4.69) is 5.32 Å². The Labute approximate surface area is 175 Å². The van der Waals surface area contributed by atoms with E-state index in [0.717, 1.165) is 22.7 Å². The summed E-state index contributed by atoms with van der Waals surface area (Å²) >= 11 is 0. The highest BCUT2D eigenvalue weighted by molar-refractivity contribution is 7.92. The second-order valence-electron chi connectivity index (χ2n) is 6.65. The molecule has 0 saturated heterocycles. The number of anilines is 2. The van der Waals surface area contributed by atoms with Gasteiger partial charge in [-0.05, 0) is 62.2 Å². The molecule has 0 aliphatic rings. The number of nitrogens with zero attached hydrogens (tertiary/aromatic N) is 1. The first kappa shape index (κ1) is 23.3. The maximum absolute atomic E-state index is 13.3. The van der Waals surface area contributed by atoms with Gasteiger partial charge in [0.2, 0.25) is 15.9 Å². The second kappa shape index (κ2) is 9.71. The van der Waals surface area contributed by atoms with E-state index >= 15 is 0 Å². The van der Waals surface area contributed by atoms with E-state index < -0.39 is 33.8 Å². The van der Waals surface area contributed by atoms with Gasteiger partial charge >= 0.3 is 5.97 Å². The average Bonchev–Trinajstić information content (AvgIpc) is 2.67. The van der Waals surface area contributed by atoms with Crippen molar-refractivity contribution in [1.82, 2.24) is 0 Å². The number of ether oxygens (including phenoxy) is 1. The molecule has 1 amide bonds. The van der Waals surface area contributed by atoms with Gasteiger partial charge in [0.1, 0.15) is 11.9 Å². The molecule has 0 aliphatic heterocycles. The van der Waals surface area contributed by atoms with Crippen molar-refractivity contribution in [2.24, 2.45) is 0 Å². The summed E-state index contributed by atoms with van der Waals surface area (Å²) in [4.78, 5) is 25.1. The Hall–Kier alpha value is -2.94. The van der Waals surface area contributed by atoms with E-state index in [-0.39, 0.29) is 18.7 Å². The van der Waals surface area contributed by atoms with Gasteiger partial charge in [-0.25, -0.2) is 17.6 Å². The van der Waals surface area contributed by atoms with Gasteiger partial charge in [-0.2, -0.15) is 0 Å². The molecular formula is C21H25FN2O5S. The Morgan fingerprint density at radius 2 is 1.77 bits per heavy atom. The van der Waals surface area contributed by atoms with Crippen LogP contribution in [0.5, 0.6) is 0 Å².